The van der Waals surface area contributed by atoms with Crippen molar-refractivity contribution in [3.05, 3.63) is 40.1 Å². The van der Waals surface area contributed by atoms with Crippen molar-refractivity contribution in [3.8, 4) is 10.8 Å². The van der Waals surface area contributed by atoms with E-state index in [0.717, 1.165) is 10.8 Å². The van der Waals surface area contributed by atoms with Crippen molar-refractivity contribution < 1.29 is 14.7 Å². The third-order valence-corrected chi connectivity index (χ3v) is 5.43. The fourth-order valence-electron chi connectivity index (χ4n) is 2.52. The van der Waals surface area contributed by atoms with Crippen LogP contribution in [-0.4, -0.2) is 41.8 Å². The lowest BCUT2D eigenvalue weighted by molar-refractivity contribution is -0.141. The molecule has 0 radical (unpaired) electrons. The second-order valence-corrected chi connectivity index (χ2v) is 6.86. The average Bonchev–Trinajstić information content (AvgIpc) is 3.22. The predicted molar refractivity (Wildman–Crippen MR) is 86.2 cm³/mol. The number of carbonyl (C=O) groups excluding carboxylic acids is 1. The van der Waals surface area contributed by atoms with E-state index < -0.39 is 5.97 Å². The molecule has 9 heteroatoms. The number of amides is 1. The zero-order chi connectivity index (χ0) is 16.1. The van der Waals surface area contributed by atoms with E-state index in [1.165, 1.54) is 33.4 Å². The molecule has 7 nitrogen and oxygen atoms in total. The Balaban J connectivity index is 1.63. The van der Waals surface area contributed by atoms with Crippen LogP contribution in [0.5, 0.6) is 0 Å². The molecule has 0 aromatic carbocycles. The maximum absolute atomic E-state index is 12.2. The van der Waals surface area contributed by atoms with Gasteiger partial charge >= 0.3 is 5.97 Å². The first kappa shape index (κ1) is 14.2. The molecule has 0 aliphatic carbocycles. The Hall–Kier alpha value is -2.39. The fourth-order valence-corrected chi connectivity index (χ4v) is 4.30. The van der Waals surface area contributed by atoms with E-state index in [1.807, 2.05) is 23.2 Å². The molecule has 1 atom stereocenters. The Kier molecular flexibility index (Phi) is 3.13. The van der Waals surface area contributed by atoms with Crippen LogP contribution in [0.1, 0.15) is 5.69 Å². The van der Waals surface area contributed by atoms with Crippen molar-refractivity contribution in [3.63, 3.8) is 0 Å². The van der Waals surface area contributed by atoms with Gasteiger partial charge in [0.25, 0.3) is 5.91 Å². The summed E-state index contributed by atoms with van der Waals surface area (Å²) < 4.78 is 1.86. The highest BCUT2D eigenvalue weighted by atomic mass is 32.2. The van der Waals surface area contributed by atoms with Gasteiger partial charge < -0.3 is 9.67 Å². The lowest BCUT2D eigenvalue weighted by Gasteiger charge is -2.36. The number of rotatable bonds is 3. The number of aryl methyl sites for hydroxylation is 1. The Morgan fingerprint density at radius 2 is 2.30 bits per heavy atom. The third-order valence-electron chi connectivity index (χ3n) is 3.58. The predicted octanol–water partition coefficient (Wildman–Crippen LogP) is 1.77. The average molecular weight is 346 g/mol. The van der Waals surface area contributed by atoms with Gasteiger partial charge in [0.05, 0.1) is 11.3 Å². The summed E-state index contributed by atoms with van der Waals surface area (Å²) in [4.78, 5) is 33.3. The number of aromatic nitrogens is 3. The van der Waals surface area contributed by atoms with E-state index in [2.05, 4.69) is 9.97 Å². The molecule has 2 aliphatic heterocycles. The number of imidazole rings is 1. The highest BCUT2D eigenvalue weighted by molar-refractivity contribution is 8.03. The molecule has 0 saturated carbocycles. The van der Waals surface area contributed by atoms with Gasteiger partial charge in [-0.05, 0) is 6.08 Å². The normalized spacial score (nSPS) is 21.3. The Morgan fingerprint density at radius 3 is 3.00 bits per heavy atom. The number of thioether (sulfide) groups is 1. The molecule has 0 bridgehead atoms. The van der Waals surface area contributed by atoms with Crippen LogP contribution in [0.25, 0.3) is 16.9 Å². The van der Waals surface area contributed by atoms with E-state index in [9.17, 15) is 9.59 Å². The lowest BCUT2D eigenvalue weighted by atomic mass is 10.0. The van der Waals surface area contributed by atoms with Crippen LogP contribution < -0.4 is 0 Å². The molecule has 2 aromatic heterocycles. The smallest absolute Gasteiger partial charge is 0.353 e. The van der Waals surface area contributed by atoms with Gasteiger partial charge in [-0.25, -0.2) is 14.8 Å². The van der Waals surface area contributed by atoms with Crippen molar-refractivity contribution in [2.45, 2.75) is 5.37 Å². The third kappa shape index (κ3) is 2.12. The van der Waals surface area contributed by atoms with E-state index in [4.69, 9.17) is 5.11 Å². The van der Waals surface area contributed by atoms with E-state index in [0.29, 0.717) is 11.3 Å². The molecule has 4 rings (SSSR count). The minimum atomic E-state index is -1.09. The number of hydrogen-bond acceptors (Lipinski definition) is 6. The monoisotopic (exact) mass is 346 g/mol. The number of fused-ring (bicyclic) bond motifs is 1. The SMILES string of the molecule is Cn1cc(C=C2C(=O)N3C(C(=O)O)=CSC23)nc1-c1nccs1. The first-order valence-electron chi connectivity index (χ1n) is 6.63. The molecule has 2 aliphatic rings. The lowest BCUT2D eigenvalue weighted by Crippen LogP contribution is -2.51. The first-order valence-corrected chi connectivity index (χ1v) is 8.46. The second-order valence-electron chi connectivity index (χ2n) is 5.01. The standard InChI is InChI=1S/C14H10N4O3S2/c1-17-5-7(16-10(17)11-15-2-3-22-11)4-8-12(19)18-9(14(20)21)6-23-13(8)18/h2-6,13H,1H3,(H,20,21). The number of carbonyl (C=O) groups is 2. The Bertz CT molecular complexity index is 882. The minimum absolute atomic E-state index is 0.0339. The van der Waals surface area contributed by atoms with Crippen LogP contribution in [0.2, 0.25) is 0 Å². The number of aliphatic carboxylic acids is 1. The van der Waals surface area contributed by atoms with Crippen molar-refractivity contribution in [1.82, 2.24) is 19.4 Å². The molecule has 23 heavy (non-hydrogen) atoms. The van der Waals surface area contributed by atoms with Crippen LogP contribution in [0.4, 0.5) is 0 Å². The van der Waals surface area contributed by atoms with Gasteiger partial charge in [-0.3, -0.25) is 9.69 Å². The van der Waals surface area contributed by atoms with Crippen LogP contribution >= 0.6 is 23.1 Å². The fraction of sp³-hybridized carbons (Fsp3) is 0.143. The van der Waals surface area contributed by atoms with Crippen LogP contribution in [0, 0.1) is 0 Å². The highest BCUT2D eigenvalue weighted by Crippen LogP contribution is 2.45. The summed E-state index contributed by atoms with van der Waals surface area (Å²) in [5.41, 5.74) is 1.25. The minimum Gasteiger partial charge on any atom is -0.477 e. The largest absolute Gasteiger partial charge is 0.477 e. The molecule has 0 spiro atoms. The first-order chi connectivity index (χ1) is 11.1. The Morgan fingerprint density at radius 1 is 1.48 bits per heavy atom. The maximum atomic E-state index is 12.2. The van der Waals surface area contributed by atoms with Gasteiger partial charge in [0.2, 0.25) is 0 Å². The van der Waals surface area contributed by atoms with Gasteiger partial charge in [-0.15, -0.1) is 23.1 Å². The van der Waals surface area contributed by atoms with Gasteiger partial charge in [0.15, 0.2) is 10.8 Å². The van der Waals surface area contributed by atoms with Gasteiger partial charge in [0, 0.05) is 30.2 Å². The van der Waals surface area contributed by atoms with Crippen LogP contribution in [0.3, 0.4) is 0 Å². The molecule has 1 fully saturated rings. The van der Waals surface area contributed by atoms with Gasteiger partial charge in [0.1, 0.15) is 11.1 Å². The zero-order valence-electron chi connectivity index (χ0n) is 11.8. The summed E-state index contributed by atoms with van der Waals surface area (Å²) in [5, 5.41) is 13.0. The summed E-state index contributed by atoms with van der Waals surface area (Å²) in [6.07, 6.45) is 5.26. The highest BCUT2D eigenvalue weighted by Gasteiger charge is 2.49. The summed E-state index contributed by atoms with van der Waals surface area (Å²) >= 11 is 2.81. The molecular formula is C14H10N4O3S2. The van der Waals surface area contributed by atoms with E-state index >= 15 is 0 Å². The summed E-state index contributed by atoms with van der Waals surface area (Å²) in [6, 6.07) is 0. The van der Waals surface area contributed by atoms with Gasteiger partial charge in [-0.2, -0.15) is 0 Å². The van der Waals surface area contributed by atoms with Crippen molar-refractivity contribution in [2.24, 2.45) is 7.05 Å². The molecule has 1 saturated heterocycles. The van der Waals surface area contributed by atoms with E-state index in [1.54, 1.807) is 12.3 Å². The molecule has 1 unspecified atom stereocenters. The molecular weight excluding hydrogens is 336 g/mol. The summed E-state index contributed by atoms with van der Waals surface area (Å²) in [5.74, 6) is -0.634. The molecule has 1 amide bonds. The molecule has 116 valence electrons. The van der Waals surface area contributed by atoms with Crippen LogP contribution in [-0.2, 0) is 16.6 Å². The molecule has 1 N–H and O–H groups in total. The molecule has 2 aromatic rings. The van der Waals surface area contributed by atoms with Crippen LogP contribution in [0.15, 0.2) is 34.5 Å². The number of thiazole rings is 1. The number of carboxylic acids is 1. The number of β-lactam (4-membered cyclic amide) rings is 1. The number of carboxylic acid groups (broad SMARTS) is 1. The van der Waals surface area contributed by atoms with E-state index in [-0.39, 0.29) is 17.0 Å². The summed E-state index contributed by atoms with van der Waals surface area (Å²) in [6.45, 7) is 0. The summed E-state index contributed by atoms with van der Waals surface area (Å²) in [7, 11) is 1.87. The van der Waals surface area contributed by atoms with Crippen molar-refractivity contribution in [1.29, 1.82) is 0 Å². The molecule has 4 heterocycles. The second kappa shape index (κ2) is 5.07. The zero-order valence-corrected chi connectivity index (χ0v) is 13.5. The number of nitrogens with zero attached hydrogens (tertiary/aromatic N) is 4. The topological polar surface area (TPSA) is 88.3 Å². The number of hydrogen-bond donors (Lipinski definition) is 1. The van der Waals surface area contributed by atoms with Crippen molar-refractivity contribution in [2.75, 3.05) is 0 Å². The van der Waals surface area contributed by atoms with Gasteiger partial charge in [-0.1, -0.05) is 0 Å². The maximum Gasteiger partial charge on any atom is 0.353 e. The van der Waals surface area contributed by atoms with Crippen molar-refractivity contribution >= 4 is 41.1 Å². The quantitative estimate of drug-likeness (QED) is 0.673. The Labute approximate surface area is 139 Å².